The van der Waals surface area contributed by atoms with E-state index >= 15 is 0 Å². The maximum absolute atomic E-state index is 12.7. The molecule has 0 spiro atoms. The predicted octanol–water partition coefficient (Wildman–Crippen LogP) is 5.06. The fourth-order valence-corrected chi connectivity index (χ4v) is 3.35. The van der Waals surface area contributed by atoms with Gasteiger partial charge in [-0.25, -0.2) is 0 Å². The number of fused-ring (bicyclic) bond motifs is 1. The van der Waals surface area contributed by atoms with Crippen LogP contribution in [0.3, 0.4) is 0 Å². The Morgan fingerprint density at radius 1 is 1.12 bits per heavy atom. The molecule has 0 aliphatic rings. The van der Waals surface area contributed by atoms with Crippen LogP contribution < -0.4 is 0 Å². The largest absolute Gasteiger partial charge is 0.465 e. The maximum Gasteiger partial charge on any atom is 0.416 e. The van der Waals surface area contributed by atoms with Crippen molar-refractivity contribution in [2.75, 3.05) is 12.4 Å². The summed E-state index contributed by atoms with van der Waals surface area (Å²) in [5.74, 6) is 0.0281. The van der Waals surface area contributed by atoms with Crippen molar-refractivity contribution in [3.63, 3.8) is 0 Å². The van der Waals surface area contributed by atoms with Gasteiger partial charge in [-0.3, -0.25) is 4.79 Å². The molecule has 0 unspecified atom stereocenters. The Bertz CT molecular complexity index is 905. The minimum Gasteiger partial charge on any atom is -0.465 e. The van der Waals surface area contributed by atoms with Gasteiger partial charge in [0.2, 0.25) is 0 Å². The zero-order chi connectivity index (χ0) is 18.6. The zero-order valence-electron chi connectivity index (χ0n) is 13.7. The highest BCUT2D eigenvalue weighted by atomic mass is 32.2. The highest BCUT2D eigenvalue weighted by Crippen LogP contribution is 2.31. The number of H-pyrrole nitrogens is 1. The number of para-hydroxylation sites is 1. The van der Waals surface area contributed by atoms with E-state index in [1.165, 1.54) is 17.8 Å². The Labute approximate surface area is 152 Å². The number of hydrogen-bond acceptors (Lipinski definition) is 3. The third kappa shape index (κ3) is 4.60. The molecule has 0 fully saturated rings. The summed E-state index contributed by atoms with van der Waals surface area (Å²) in [7, 11) is 0. The number of hydrogen-bond donors (Lipinski definition) is 1. The number of aromatic amines is 1. The molecule has 136 valence electrons. The first-order chi connectivity index (χ1) is 12.4. The van der Waals surface area contributed by atoms with E-state index in [0.717, 1.165) is 28.6 Å². The quantitative estimate of drug-likeness (QED) is 0.370. The van der Waals surface area contributed by atoms with Gasteiger partial charge >= 0.3 is 12.1 Å². The Kier molecular flexibility index (Phi) is 5.56. The smallest absolute Gasteiger partial charge is 0.416 e. The molecule has 3 rings (SSSR count). The second-order valence-corrected chi connectivity index (χ2v) is 6.80. The lowest BCUT2D eigenvalue weighted by atomic mass is 10.1. The molecule has 1 aromatic heterocycles. The van der Waals surface area contributed by atoms with E-state index in [1.807, 2.05) is 24.3 Å². The molecule has 0 saturated heterocycles. The zero-order valence-corrected chi connectivity index (χ0v) is 14.5. The molecular weight excluding hydrogens is 363 g/mol. The molecule has 0 amide bonds. The number of halogens is 3. The molecule has 3 aromatic rings. The molecule has 0 aliphatic heterocycles. The molecule has 7 heteroatoms. The van der Waals surface area contributed by atoms with E-state index in [2.05, 4.69) is 4.98 Å². The van der Waals surface area contributed by atoms with E-state index in [0.29, 0.717) is 10.6 Å². The minimum atomic E-state index is -4.36. The summed E-state index contributed by atoms with van der Waals surface area (Å²) in [6.45, 7) is 0.141. The van der Waals surface area contributed by atoms with Crippen molar-refractivity contribution < 1.29 is 22.7 Å². The van der Waals surface area contributed by atoms with Gasteiger partial charge in [0.25, 0.3) is 0 Å². The van der Waals surface area contributed by atoms with Gasteiger partial charge < -0.3 is 9.72 Å². The van der Waals surface area contributed by atoms with Crippen LogP contribution in [0.1, 0.15) is 11.1 Å². The SMILES string of the molecule is O=C(Cc1c[nH]c2ccccc12)OCCSc1cccc(C(F)(F)F)c1. The second-order valence-electron chi connectivity index (χ2n) is 5.63. The second kappa shape index (κ2) is 7.86. The van der Waals surface area contributed by atoms with Crippen LogP contribution in [0.25, 0.3) is 10.9 Å². The Morgan fingerprint density at radius 2 is 1.92 bits per heavy atom. The van der Waals surface area contributed by atoms with Crippen LogP contribution in [0.4, 0.5) is 13.2 Å². The predicted molar refractivity (Wildman–Crippen MR) is 95.1 cm³/mol. The first-order valence-corrected chi connectivity index (χ1v) is 8.93. The van der Waals surface area contributed by atoms with Crippen LogP contribution in [0, 0.1) is 0 Å². The number of esters is 1. The van der Waals surface area contributed by atoms with Crippen molar-refractivity contribution in [2.24, 2.45) is 0 Å². The summed E-state index contributed by atoms with van der Waals surface area (Å²) in [5.41, 5.74) is 1.13. The number of ether oxygens (including phenoxy) is 1. The lowest BCUT2D eigenvalue weighted by Crippen LogP contribution is -2.10. The Morgan fingerprint density at radius 3 is 2.73 bits per heavy atom. The van der Waals surface area contributed by atoms with Crippen LogP contribution >= 0.6 is 11.8 Å². The lowest BCUT2D eigenvalue weighted by Gasteiger charge is -2.08. The van der Waals surface area contributed by atoms with Crippen molar-refractivity contribution in [1.29, 1.82) is 0 Å². The van der Waals surface area contributed by atoms with Gasteiger partial charge in [-0.2, -0.15) is 13.2 Å². The van der Waals surface area contributed by atoms with Gasteiger partial charge in [0, 0.05) is 27.7 Å². The highest BCUT2D eigenvalue weighted by Gasteiger charge is 2.30. The normalized spacial score (nSPS) is 11.7. The molecule has 0 radical (unpaired) electrons. The third-order valence-electron chi connectivity index (χ3n) is 3.79. The molecule has 3 nitrogen and oxygen atoms in total. The highest BCUT2D eigenvalue weighted by molar-refractivity contribution is 7.99. The van der Waals surface area contributed by atoms with Crippen molar-refractivity contribution in [3.8, 4) is 0 Å². The first kappa shape index (κ1) is 18.4. The summed E-state index contributed by atoms with van der Waals surface area (Å²) in [6, 6.07) is 12.8. The lowest BCUT2D eigenvalue weighted by molar-refractivity contribution is -0.142. The van der Waals surface area contributed by atoms with Gasteiger partial charge in [-0.05, 0) is 29.8 Å². The summed E-state index contributed by atoms with van der Waals surface area (Å²) < 4.78 is 43.2. The number of nitrogens with one attached hydrogen (secondary N) is 1. The molecule has 1 N–H and O–H groups in total. The standard InChI is InChI=1S/C19H16F3NO2S/c20-19(21,22)14-4-3-5-15(11-14)26-9-8-25-18(24)10-13-12-23-17-7-2-1-6-16(13)17/h1-7,11-12,23H,8-10H2. The van der Waals surface area contributed by atoms with Gasteiger partial charge in [-0.1, -0.05) is 24.3 Å². The number of carbonyl (C=O) groups excluding carboxylic acids is 1. The van der Waals surface area contributed by atoms with Crippen LogP contribution in [0.5, 0.6) is 0 Å². The topological polar surface area (TPSA) is 42.1 Å². The molecule has 0 saturated carbocycles. The van der Waals surface area contributed by atoms with Gasteiger partial charge in [-0.15, -0.1) is 11.8 Å². The van der Waals surface area contributed by atoms with Crippen LogP contribution in [0.15, 0.2) is 59.6 Å². The average molecular weight is 379 g/mol. The first-order valence-electron chi connectivity index (χ1n) is 7.94. The number of thioether (sulfide) groups is 1. The molecular formula is C19H16F3NO2S. The van der Waals surface area contributed by atoms with E-state index in [9.17, 15) is 18.0 Å². The average Bonchev–Trinajstić information content (AvgIpc) is 3.01. The van der Waals surface area contributed by atoms with Gasteiger partial charge in [0.1, 0.15) is 6.61 Å². The molecule has 1 heterocycles. The van der Waals surface area contributed by atoms with Crippen molar-refractivity contribution >= 4 is 28.6 Å². The van der Waals surface area contributed by atoms with Crippen molar-refractivity contribution in [1.82, 2.24) is 4.98 Å². The van der Waals surface area contributed by atoms with Crippen molar-refractivity contribution in [3.05, 3.63) is 65.9 Å². The fourth-order valence-electron chi connectivity index (χ4n) is 2.56. The van der Waals surface area contributed by atoms with Gasteiger partial charge in [0.05, 0.1) is 12.0 Å². The summed E-state index contributed by atoms with van der Waals surface area (Å²) in [5, 5.41) is 0.975. The van der Waals surface area contributed by atoms with E-state index in [1.54, 1.807) is 12.3 Å². The minimum absolute atomic E-state index is 0.141. The number of alkyl halides is 3. The number of aromatic nitrogens is 1. The van der Waals surface area contributed by atoms with Crippen LogP contribution in [0.2, 0.25) is 0 Å². The number of benzene rings is 2. The van der Waals surface area contributed by atoms with E-state index < -0.39 is 11.7 Å². The molecule has 2 aromatic carbocycles. The molecule has 26 heavy (non-hydrogen) atoms. The Hall–Kier alpha value is -2.41. The number of carbonyl (C=O) groups is 1. The maximum atomic E-state index is 12.7. The summed E-state index contributed by atoms with van der Waals surface area (Å²) in [6.07, 6.45) is -2.43. The fraction of sp³-hybridized carbons (Fsp3) is 0.211. The summed E-state index contributed by atoms with van der Waals surface area (Å²) in [4.78, 5) is 15.5. The van der Waals surface area contributed by atoms with Crippen LogP contribution in [-0.2, 0) is 22.1 Å². The molecule has 0 atom stereocenters. The van der Waals surface area contributed by atoms with E-state index in [4.69, 9.17) is 4.74 Å². The van der Waals surface area contributed by atoms with Gasteiger partial charge in [0.15, 0.2) is 0 Å². The van der Waals surface area contributed by atoms with Crippen molar-refractivity contribution in [2.45, 2.75) is 17.5 Å². The third-order valence-corrected chi connectivity index (χ3v) is 4.74. The number of rotatable bonds is 6. The van der Waals surface area contributed by atoms with Crippen LogP contribution in [-0.4, -0.2) is 23.3 Å². The summed E-state index contributed by atoms with van der Waals surface area (Å²) >= 11 is 1.22. The molecule has 0 aliphatic carbocycles. The Balaban J connectivity index is 1.47. The molecule has 0 bridgehead atoms. The van der Waals surface area contributed by atoms with E-state index in [-0.39, 0.29) is 19.0 Å². The monoisotopic (exact) mass is 379 g/mol.